The second-order valence-corrected chi connectivity index (χ2v) is 9.38. The molecule has 134 valence electrons. The van der Waals surface area contributed by atoms with Gasteiger partial charge in [0.1, 0.15) is 0 Å². The Labute approximate surface area is 152 Å². The molecule has 0 atom stereocenters. The molecule has 0 aliphatic heterocycles. The first kappa shape index (κ1) is 18.0. The zero-order chi connectivity index (χ0) is 18.3. The van der Waals surface area contributed by atoms with E-state index in [1.165, 1.54) is 18.2 Å². The molecule has 3 aliphatic carbocycles. The zero-order valence-electron chi connectivity index (χ0n) is 13.9. The molecule has 0 heterocycles. The second-order valence-electron chi connectivity index (χ2n) is 7.19. The summed E-state index contributed by atoms with van der Waals surface area (Å²) in [5.41, 5.74) is -0.139. The molecule has 25 heavy (non-hydrogen) atoms. The number of nitrogens with one attached hydrogen (secondary N) is 2. The van der Waals surface area contributed by atoms with Gasteiger partial charge in [0.25, 0.3) is 5.91 Å². The molecule has 8 heteroatoms. The van der Waals surface area contributed by atoms with E-state index in [-0.39, 0.29) is 28.1 Å². The second kappa shape index (κ2) is 6.19. The molecule has 0 spiro atoms. The minimum Gasteiger partial charge on any atom is -0.347 e. The molecule has 6 nitrogen and oxygen atoms in total. The average molecular weight is 382 g/mol. The monoisotopic (exact) mass is 381 g/mol. The van der Waals surface area contributed by atoms with Crippen LogP contribution in [-0.2, 0) is 10.0 Å². The molecular formula is C17H20ClN3O3S. The maximum atomic E-state index is 12.8. The number of anilines is 1. The predicted octanol–water partition coefficient (Wildman–Crippen LogP) is 3.06. The molecular weight excluding hydrogens is 362 g/mol. The van der Waals surface area contributed by atoms with Gasteiger partial charge in [0, 0.05) is 10.6 Å². The summed E-state index contributed by atoms with van der Waals surface area (Å²) >= 11 is 6.00. The summed E-state index contributed by atoms with van der Waals surface area (Å²) in [5, 5.41) is 12.8. The van der Waals surface area contributed by atoms with Gasteiger partial charge in [-0.1, -0.05) is 11.6 Å². The molecule has 0 aromatic heterocycles. The van der Waals surface area contributed by atoms with Gasteiger partial charge in [0.15, 0.2) is 0 Å². The van der Waals surface area contributed by atoms with Gasteiger partial charge in [-0.15, -0.1) is 0 Å². The number of carbonyl (C=O) groups excluding carboxylic acids is 1. The van der Waals surface area contributed by atoms with E-state index in [0.717, 1.165) is 44.8 Å². The summed E-state index contributed by atoms with van der Waals surface area (Å²) in [6, 6.07) is 6.93. The van der Waals surface area contributed by atoms with Gasteiger partial charge in [-0.3, -0.25) is 9.52 Å². The Bertz CT molecular complexity index is 836. The standard InChI is InChI=1S/C17H20ClN3O3S/c1-25(23,24)21-14-3-2-12(18)10-13(14)15(22)20-17-7-4-16(11-19,5-8-17)6-9-17/h2-3,10,21H,4-9H2,1H3,(H,20,22). The molecule has 1 aromatic carbocycles. The molecule has 3 fully saturated rings. The van der Waals surface area contributed by atoms with E-state index >= 15 is 0 Å². The van der Waals surface area contributed by atoms with Crippen LogP contribution in [0.1, 0.15) is 48.9 Å². The summed E-state index contributed by atoms with van der Waals surface area (Å²) in [6.45, 7) is 0. The number of carbonyl (C=O) groups is 1. The van der Waals surface area contributed by atoms with E-state index in [1.807, 2.05) is 0 Å². The maximum absolute atomic E-state index is 12.8. The molecule has 0 radical (unpaired) electrons. The number of hydrogen-bond donors (Lipinski definition) is 2. The Balaban J connectivity index is 1.83. The quantitative estimate of drug-likeness (QED) is 0.837. The fraction of sp³-hybridized carbons (Fsp3) is 0.529. The van der Waals surface area contributed by atoms with E-state index in [1.54, 1.807) is 0 Å². The van der Waals surface area contributed by atoms with Gasteiger partial charge in [-0.05, 0) is 56.7 Å². The van der Waals surface area contributed by atoms with Crippen LogP contribution >= 0.6 is 11.6 Å². The highest BCUT2D eigenvalue weighted by Gasteiger charge is 2.49. The van der Waals surface area contributed by atoms with Crippen molar-refractivity contribution in [2.45, 2.75) is 44.1 Å². The van der Waals surface area contributed by atoms with Crippen molar-refractivity contribution < 1.29 is 13.2 Å². The van der Waals surface area contributed by atoms with Gasteiger partial charge < -0.3 is 5.32 Å². The number of fused-ring (bicyclic) bond motifs is 3. The molecule has 2 N–H and O–H groups in total. The van der Waals surface area contributed by atoms with Gasteiger partial charge in [-0.2, -0.15) is 5.26 Å². The third-order valence-electron chi connectivity index (χ3n) is 5.38. The van der Waals surface area contributed by atoms with Crippen LogP contribution in [0.3, 0.4) is 0 Å². The largest absolute Gasteiger partial charge is 0.347 e. The molecule has 1 amide bonds. The van der Waals surface area contributed by atoms with Crippen LogP contribution in [0.25, 0.3) is 0 Å². The minimum atomic E-state index is -3.51. The van der Waals surface area contributed by atoms with Gasteiger partial charge in [0.2, 0.25) is 10.0 Å². The normalized spacial score (nSPS) is 28.2. The van der Waals surface area contributed by atoms with Crippen LogP contribution in [0.2, 0.25) is 5.02 Å². The molecule has 1 aromatic rings. The topological polar surface area (TPSA) is 99.1 Å². The number of benzene rings is 1. The van der Waals surface area contributed by atoms with E-state index in [2.05, 4.69) is 16.1 Å². The number of nitrogens with zero attached hydrogens (tertiary/aromatic N) is 1. The van der Waals surface area contributed by atoms with Crippen LogP contribution in [0.5, 0.6) is 0 Å². The summed E-state index contributed by atoms with van der Waals surface area (Å²) in [4.78, 5) is 12.8. The lowest BCUT2D eigenvalue weighted by Crippen LogP contribution is -2.56. The number of nitriles is 1. The van der Waals surface area contributed by atoms with E-state index in [4.69, 9.17) is 11.6 Å². The molecule has 2 bridgehead atoms. The van der Waals surface area contributed by atoms with E-state index in [9.17, 15) is 18.5 Å². The first-order valence-corrected chi connectivity index (χ1v) is 10.4. The lowest BCUT2D eigenvalue weighted by atomic mass is 9.58. The fourth-order valence-electron chi connectivity index (χ4n) is 3.84. The Morgan fingerprint density at radius 3 is 2.32 bits per heavy atom. The van der Waals surface area contributed by atoms with Crippen molar-refractivity contribution in [2.24, 2.45) is 5.41 Å². The Morgan fingerprint density at radius 2 is 1.80 bits per heavy atom. The van der Waals surface area contributed by atoms with E-state index in [0.29, 0.717) is 5.02 Å². The van der Waals surface area contributed by atoms with Crippen molar-refractivity contribution in [1.82, 2.24) is 5.32 Å². The lowest BCUT2D eigenvalue weighted by Gasteiger charge is -2.50. The molecule has 4 rings (SSSR count). The number of hydrogen-bond acceptors (Lipinski definition) is 4. The van der Waals surface area contributed by atoms with Gasteiger partial charge in [0.05, 0.1) is 29.0 Å². The highest BCUT2D eigenvalue weighted by Crippen LogP contribution is 2.52. The SMILES string of the molecule is CS(=O)(=O)Nc1ccc(Cl)cc1C(=O)NC12CCC(C#N)(CC1)CC2. The van der Waals surface area contributed by atoms with E-state index < -0.39 is 10.0 Å². The van der Waals surface area contributed by atoms with Crippen LogP contribution < -0.4 is 10.0 Å². The van der Waals surface area contributed by atoms with Crippen LogP contribution in [0, 0.1) is 16.7 Å². The van der Waals surface area contributed by atoms with Crippen molar-refractivity contribution in [3.05, 3.63) is 28.8 Å². The number of sulfonamides is 1. The Hall–Kier alpha value is -1.78. The number of halogens is 1. The highest BCUT2D eigenvalue weighted by molar-refractivity contribution is 7.92. The minimum absolute atomic E-state index is 0.204. The van der Waals surface area contributed by atoms with Crippen molar-refractivity contribution in [3.63, 3.8) is 0 Å². The predicted molar refractivity (Wildman–Crippen MR) is 95.9 cm³/mol. The summed E-state index contributed by atoms with van der Waals surface area (Å²) < 4.78 is 25.4. The third kappa shape index (κ3) is 3.75. The van der Waals surface area contributed by atoms with Crippen LogP contribution in [-0.4, -0.2) is 26.1 Å². The van der Waals surface area contributed by atoms with Crippen molar-refractivity contribution in [2.75, 3.05) is 11.0 Å². The fourth-order valence-corrected chi connectivity index (χ4v) is 4.59. The smallest absolute Gasteiger partial charge is 0.253 e. The van der Waals surface area contributed by atoms with Crippen LogP contribution in [0.4, 0.5) is 5.69 Å². The maximum Gasteiger partial charge on any atom is 0.253 e. The van der Waals surface area contributed by atoms with Crippen molar-refractivity contribution >= 4 is 33.2 Å². The molecule has 0 unspecified atom stereocenters. The first-order chi connectivity index (χ1) is 11.7. The van der Waals surface area contributed by atoms with Crippen LogP contribution in [0.15, 0.2) is 18.2 Å². The Morgan fingerprint density at radius 1 is 1.20 bits per heavy atom. The zero-order valence-corrected chi connectivity index (χ0v) is 15.5. The number of rotatable bonds is 4. The molecule has 0 saturated heterocycles. The lowest BCUT2D eigenvalue weighted by molar-refractivity contribution is 0.0522. The summed E-state index contributed by atoms with van der Waals surface area (Å²) in [6.07, 6.45) is 5.69. The van der Waals surface area contributed by atoms with Crippen molar-refractivity contribution in [1.29, 1.82) is 5.26 Å². The average Bonchev–Trinajstić information content (AvgIpc) is 2.57. The van der Waals surface area contributed by atoms with Gasteiger partial charge in [-0.25, -0.2) is 8.42 Å². The van der Waals surface area contributed by atoms with Crippen molar-refractivity contribution in [3.8, 4) is 6.07 Å². The highest BCUT2D eigenvalue weighted by atomic mass is 35.5. The third-order valence-corrected chi connectivity index (χ3v) is 6.21. The van der Waals surface area contributed by atoms with Gasteiger partial charge >= 0.3 is 0 Å². The summed E-state index contributed by atoms with van der Waals surface area (Å²) in [5.74, 6) is -0.347. The summed E-state index contributed by atoms with van der Waals surface area (Å²) in [7, 11) is -3.51. The number of amides is 1. The Kier molecular flexibility index (Phi) is 4.46. The molecule has 3 aliphatic rings. The first-order valence-electron chi connectivity index (χ1n) is 8.17. The molecule has 3 saturated carbocycles.